The Morgan fingerprint density at radius 1 is 0.714 bits per heavy atom. The fourth-order valence-corrected chi connectivity index (χ4v) is 6.29. The highest BCUT2D eigenvalue weighted by Gasteiger charge is 2.24. The molecule has 2 N–H and O–H groups in total. The van der Waals surface area contributed by atoms with Gasteiger partial charge in [-0.1, -0.05) is 105 Å². The minimum absolute atomic E-state index is 0.434. The van der Waals surface area contributed by atoms with E-state index in [1.54, 1.807) is 12.1 Å². The minimum Gasteiger partial charge on any atom is -0.366 e. The molecular weight excluding hydrogens is 650 g/mol. The molecule has 1 aromatic heterocycles. The summed E-state index contributed by atoms with van der Waals surface area (Å²) in [6, 6.07) is 39.5. The molecule has 0 atom stereocenters. The zero-order chi connectivity index (χ0) is 28.8. The van der Waals surface area contributed by atoms with Gasteiger partial charge in [0.25, 0.3) is 0 Å². The Morgan fingerprint density at radius 2 is 1.33 bits per heavy atom. The lowest BCUT2D eigenvalue weighted by Gasteiger charge is -2.15. The van der Waals surface area contributed by atoms with Crippen LogP contribution in [0.1, 0.15) is 27.0 Å². The van der Waals surface area contributed by atoms with E-state index in [0.29, 0.717) is 12.1 Å². The van der Waals surface area contributed by atoms with E-state index in [2.05, 4.69) is 115 Å². The van der Waals surface area contributed by atoms with Crippen molar-refractivity contribution in [3.05, 3.63) is 146 Å². The van der Waals surface area contributed by atoms with E-state index in [0.717, 1.165) is 54.8 Å². The van der Waals surface area contributed by atoms with Crippen LogP contribution < -0.4 is 5.73 Å². The number of primary amides is 1. The highest BCUT2D eigenvalue weighted by Crippen LogP contribution is 2.41. The third-order valence-electron chi connectivity index (χ3n) is 7.84. The molecule has 1 aliphatic carbocycles. The summed E-state index contributed by atoms with van der Waals surface area (Å²) in [6.07, 6.45) is 0.945. The topological polar surface area (TPSA) is 60.9 Å². The summed E-state index contributed by atoms with van der Waals surface area (Å²) in [6.45, 7) is 0.566. The highest BCUT2D eigenvalue weighted by molar-refractivity contribution is 9.10. The Hall–Kier alpha value is -4.26. The maximum atomic E-state index is 11.7. The summed E-state index contributed by atoms with van der Waals surface area (Å²) in [4.78, 5) is 17.1. The van der Waals surface area contributed by atoms with Crippen molar-refractivity contribution in [3.63, 3.8) is 0 Å². The van der Waals surface area contributed by atoms with E-state index in [-0.39, 0.29) is 0 Å². The van der Waals surface area contributed by atoms with Gasteiger partial charge in [0.15, 0.2) is 0 Å². The largest absolute Gasteiger partial charge is 0.366 e. The molecule has 0 fully saturated rings. The monoisotopic (exact) mass is 673 g/mol. The zero-order valence-electron chi connectivity index (χ0n) is 22.5. The number of imidazole rings is 1. The molecular formula is C36H25Br2N3O. The van der Waals surface area contributed by atoms with Crippen molar-refractivity contribution >= 4 is 37.8 Å². The molecule has 1 aliphatic rings. The van der Waals surface area contributed by atoms with E-state index in [1.165, 1.54) is 22.3 Å². The SMILES string of the molecule is NC(=O)c1ccc(Cn2c(-c3ccc4c(c3)-c3ccccc3C4)nc(-c3ccc(Br)cc3)c2-c2ccc(Br)cc2)cc1. The van der Waals surface area contributed by atoms with E-state index in [9.17, 15) is 4.79 Å². The Kier molecular flexibility index (Phi) is 6.88. The van der Waals surface area contributed by atoms with Gasteiger partial charge < -0.3 is 10.3 Å². The van der Waals surface area contributed by atoms with Crippen molar-refractivity contribution < 1.29 is 4.79 Å². The van der Waals surface area contributed by atoms with Gasteiger partial charge in [-0.05, 0) is 76.7 Å². The number of fused-ring (bicyclic) bond motifs is 3. The lowest BCUT2D eigenvalue weighted by molar-refractivity contribution is 0.100. The first-order chi connectivity index (χ1) is 20.4. The van der Waals surface area contributed by atoms with Crippen LogP contribution in [0.5, 0.6) is 0 Å². The van der Waals surface area contributed by atoms with Gasteiger partial charge in [0.1, 0.15) is 5.82 Å². The number of benzene rings is 5. The molecule has 0 unspecified atom stereocenters. The Bertz CT molecular complexity index is 1960. The predicted molar refractivity (Wildman–Crippen MR) is 176 cm³/mol. The van der Waals surface area contributed by atoms with Crippen LogP contribution in [0, 0.1) is 0 Å². The Labute approximate surface area is 261 Å². The van der Waals surface area contributed by atoms with Crippen molar-refractivity contribution in [2.75, 3.05) is 0 Å². The molecule has 1 heterocycles. The molecule has 0 spiro atoms. The standard InChI is InChI=1S/C36H25Br2N3O/c37-29-15-11-23(12-16-29)33-34(24-13-17-30(38)18-14-24)41(21-22-5-7-25(8-6-22)35(39)42)36(40-33)28-10-9-27-19-26-3-1-2-4-31(26)32(27)20-28/h1-18,20H,19,21H2,(H2,39,42). The molecule has 0 aliphatic heterocycles. The van der Waals surface area contributed by atoms with Gasteiger partial charge in [-0.15, -0.1) is 0 Å². The van der Waals surface area contributed by atoms with Crippen molar-refractivity contribution in [2.24, 2.45) is 5.73 Å². The third-order valence-corrected chi connectivity index (χ3v) is 8.90. The molecule has 42 heavy (non-hydrogen) atoms. The van der Waals surface area contributed by atoms with Gasteiger partial charge in [0, 0.05) is 37.7 Å². The molecule has 5 aromatic carbocycles. The number of nitrogens with two attached hydrogens (primary N) is 1. The second-order valence-corrected chi connectivity index (χ2v) is 12.3. The minimum atomic E-state index is -0.434. The molecule has 6 aromatic rings. The molecule has 0 bridgehead atoms. The van der Waals surface area contributed by atoms with Crippen LogP contribution in [0.25, 0.3) is 45.0 Å². The predicted octanol–water partition coefficient (Wildman–Crippen LogP) is 9.13. The number of hydrogen-bond donors (Lipinski definition) is 1. The van der Waals surface area contributed by atoms with E-state index < -0.39 is 5.91 Å². The van der Waals surface area contributed by atoms with E-state index in [4.69, 9.17) is 10.7 Å². The summed E-state index contributed by atoms with van der Waals surface area (Å²) in [5.74, 6) is 0.452. The molecule has 1 amide bonds. The summed E-state index contributed by atoms with van der Waals surface area (Å²) >= 11 is 7.18. The summed E-state index contributed by atoms with van der Waals surface area (Å²) in [5.41, 5.74) is 17.4. The Morgan fingerprint density at radius 3 is 2.02 bits per heavy atom. The Balaban J connectivity index is 1.46. The fraction of sp³-hybridized carbons (Fsp3) is 0.0556. The molecule has 6 heteroatoms. The first-order valence-electron chi connectivity index (χ1n) is 13.7. The van der Waals surface area contributed by atoms with Gasteiger partial charge in [-0.25, -0.2) is 4.98 Å². The number of carbonyl (C=O) groups is 1. The van der Waals surface area contributed by atoms with E-state index in [1.807, 2.05) is 24.3 Å². The molecule has 0 saturated heterocycles. The van der Waals surface area contributed by atoms with Crippen LogP contribution in [-0.2, 0) is 13.0 Å². The number of nitrogens with zero attached hydrogens (tertiary/aromatic N) is 2. The zero-order valence-corrected chi connectivity index (χ0v) is 25.7. The first-order valence-corrected chi connectivity index (χ1v) is 15.3. The second-order valence-electron chi connectivity index (χ2n) is 10.5. The molecule has 0 saturated carbocycles. The highest BCUT2D eigenvalue weighted by atomic mass is 79.9. The summed E-state index contributed by atoms with van der Waals surface area (Å²) in [5, 5.41) is 0. The number of halogens is 2. The average molecular weight is 675 g/mol. The van der Waals surface area contributed by atoms with Gasteiger partial charge in [-0.3, -0.25) is 4.79 Å². The summed E-state index contributed by atoms with van der Waals surface area (Å²) in [7, 11) is 0. The molecule has 0 radical (unpaired) electrons. The van der Waals surface area contributed by atoms with Crippen LogP contribution in [0.2, 0.25) is 0 Å². The van der Waals surface area contributed by atoms with Crippen LogP contribution in [0.4, 0.5) is 0 Å². The van der Waals surface area contributed by atoms with Crippen molar-refractivity contribution in [1.82, 2.24) is 9.55 Å². The van der Waals surface area contributed by atoms with E-state index >= 15 is 0 Å². The lowest BCUT2D eigenvalue weighted by atomic mass is 10.0. The number of hydrogen-bond acceptors (Lipinski definition) is 2. The maximum absolute atomic E-state index is 11.7. The van der Waals surface area contributed by atoms with Gasteiger partial charge in [-0.2, -0.15) is 0 Å². The number of aromatic nitrogens is 2. The second kappa shape index (κ2) is 10.9. The number of carbonyl (C=O) groups excluding carboxylic acids is 1. The first kappa shape index (κ1) is 26.6. The number of rotatable bonds is 6. The van der Waals surface area contributed by atoms with Gasteiger partial charge in [0.2, 0.25) is 5.91 Å². The smallest absolute Gasteiger partial charge is 0.248 e. The molecule has 204 valence electrons. The normalized spacial score (nSPS) is 11.8. The summed E-state index contributed by atoms with van der Waals surface area (Å²) < 4.78 is 4.33. The van der Waals surface area contributed by atoms with Crippen LogP contribution in [-0.4, -0.2) is 15.5 Å². The number of amides is 1. The lowest BCUT2D eigenvalue weighted by Crippen LogP contribution is -2.11. The molecule has 4 nitrogen and oxygen atoms in total. The fourth-order valence-electron chi connectivity index (χ4n) is 5.76. The van der Waals surface area contributed by atoms with Crippen LogP contribution >= 0.6 is 31.9 Å². The van der Waals surface area contributed by atoms with Gasteiger partial charge in [0.05, 0.1) is 11.4 Å². The van der Waals surface area contributed by atoms with Crippen molar-refractivity contribution in [1.29, 1.82) is 0 Å². The van der Waals surface area contributed by atoms with Crippen molar-refractivity contribution in [2.45, 2.75) is 13.0 Å². The molecule has 7 rings (SSSR count). The van der Waals surface area contributed by atoms with Gasteiger partial charge >= 0.3 is 0 Å². The average Bonchev–Trinajstić information content (AvgIpc) is 3.56. The van der Waals surface area contributed by atoms with Crippen molar-refractivity contribution in [3.8, 4) is 45.0 Å². The van der Waals surface area contributed by atoms with Crippen LogP contribution in [0.15, 0.2) is 124 Å². The quantitative estimate of drug-likeness (QED) is 0.191. The third kappa shape index (κ3) is 4.91. The maximum Gasteiger partial charge on any atom is 0.248 e. The van der Waals surface area contributed by atoms with Crippen LogP contribution in [0.3, 0.4) is 0 Å².